The number of esters is 1. The van der Waals surface area contributed by atoms with Crippen molar-refractivity contribution >= 4 is 5.97 Å². The second-order valence-electron chi connectivity index (χ2n) is 6.25. The van der Waals surface area contributed by atoms with E-state index in [4.69, 9.17) is 4.74 Å². The molecule has 0 aromatic carbocycles. The van der Waals surface area contributed by atoms with Crippen LogP contribution in [0, 0.1) is 17.8 Å². The summed E-state index contributed by atoms with van der Waals surface area (Å²) in [6.45, 7) is 6.71. The molecule has 1 aromatic rings. The van der Waals surface area contributed by atoms with E-state index in [0.717, 1.165) is 12.0 Å². The minimum Gasteiger partial charge on any atom is -0.462 e. The van der Waals surface area contributed by atoms with E-state index in [1.807, 2.05) is 18.5 Å². The van der Waals surface area contributed by atoms with Crippen molar-refractivity contribution in [2.75, 3.05) is 0 Å². The third-order valence-corrected chi connectivity index (χ3v) is 4.25. The Bertz CT molecular complexity index is 397. The molecule has 3 heteroatoms. The average molecular weight is 263 g/mol. The molecule has 1 aliphatic carbocycles. The SMILES string of the molecule is CC(C)[C@H]1CC[C@H](C)C[C@@H]1OC(=O)Cc1cc[nH]c1. The van der Waals surface area contributed by atoms with E-state index < -0.39 is 0 Å². The van der Waals surface area contributed by atoms with Gasteiger partial charge in [-0.2, -0.15) is 0 Å². The Kier molecular flexibility index (Phi) is 4.67. The Labute approximate surface area is 115 Å². The number of hydrogen-bond acceptors (Lipinski definition) is 2. The molecule has 0 bridgehead atoms. The van der Waals surface area contributed by atoms with Gasteiger partial charge < -0.3 is 9.72 Å². The van der Waals surface area contributed by atoms with Crippen molar-refractivity contribution in [3.63, 3.8) is 0 Å². The van der Waals surface area contributed by atoms with Gasteiger partial charge in [-0.05, 0) is 42.2 Å². The second kappa shape index (κ2) is 6.27. The van der Waals surface area contributed by atoms with Gasteiger partial charge in [-0.15, -0.1) is 0 Å². The molecule has 1 aromatic heterocycles. The van der Waals surface area contributed by atoms with Crippen LogP contribution in [0.1, 0.15) is 45.6 Å². The molecule has 106 valence electrons. The summed E-state index contributed by atoms with van der Waals surface area (Å²) in [6, 6.07) is 1.92. The largest absolute Gasteiger partial charge is 0.462 e. The fourth-order valence-corrected chi connectivity index (χ4v) is 3.10. The first-order valence-corrected chi connectivity index (χ1v) is 7.37. The standard InChI is InChI=1S/C16H25NO2/c1-11(2)14-5-4-12(3)8-15(14)19-16(18)9-13-6-7-17-10-13/h6-7,10-12,14-15,17H,4-5,8-9H2,1-3H3/t12-,14+,15-/m0/s1. The van der Waals surface area contributed by atoms with Crippen LogP contribution in [0.5, 0.6) is 0 Å². The molecule has 1 heterocycles. The van der Waals surface area contributed by atoms with Crippen LogP contribution in [-0.4, -0.2) is 17.1 Å². The van der Waals surface area contributed by atoms with Gasteiger partial charge in [-0.25, -0.2) is 0 Å². The van der Waals surface area contributed by atoms with E-state index in [-0.39, 0.29) is 12.1 Å². The maximum absolute atomic E-state index is 12.0. The Morgan fingerprint density at radius 1 is 1.47 bits per heavy atom. The fourth-order valence-electron chi connectivity index (χ4n) is 3.10. The van der Waals surface area contributed by atoms with Crippen LogP contribution in [0.3, 0.4) is 0 Å². The number of carbonyl (C=O) groups is 1. The van der Waals surface area contributed by atoms with Gasteiger partial charge in [0.25, 0.3) is 0 Å². The number of H-pyrrole nitrogens is 1. The summed E-state index contributed by atoms with van der Waals surface area (Å²) in [5.74, 6) is 1.67. The quantitative estimate of drug-likeness (QED) is 0.844. The van der Waals surface area contributed by atoms with Gasteiger partial charge in [0.05, 0.1) is 6.42 Å². The molecule has 3 nitrogen and oxygen atoms in total. The maximum Gasteiger partial charge on any atom is 0.310 e. The average Bonchev–Trinajstić information content (AvgIpc) is 2.81. The zero-order valence-corrected chi connectivity index (χ0v) is 12.2. The molecular weight excluding hydrogens is 238 g/mol. The number of aromatic amines is 1. The molecule has 0 unspecified atom stereocenters. The van der Waals surface area contributed by atoms with Gasteiger partial charge in [0.2, 0.25) is 0 Å². The van der Waals surface area contributed by atoms with Crippen LogP contribution >= 0.6 is 0 Å². The van der Waals surface area contributed by atoms with Crippen molar-refractivity contribution in [2.45, 2.75) is 52.6 Å². The molecule has 3 atom stereocenters. The van der Waals surface area contributed by atoms with Crippen LogP contribution in [0.4, 0.5) is 0 Å². The first-order valence-electron chi connectivity index (χ1n) is 7.37. The van der Waals surface area contributed by atoms with E-state index in [0.29, 0.717) is 24.2 Å². The monoisotopic (exact) mass is 263 g/mol. The minimum atomic E-state index is -0.0932. The summed E-state index contributed by atoms with van der Waals surface area (Å²) in [5, 5.41) is 0. The van der Waals surface area contributed by atoms with Crippen LogP contribution in [0.2, 0.25) is 0 Å². The summed E-state index contributed by atoms with van der Waals surface area (Å²) in [6.07, 6.45) is 7.62. The van der Waals surface area contributed by atoms with Gasteiger partial charge in [-0.1, -0.05) is 27.2 Å². The van der Waals surface area contributed by atoms with Crippen molar-refractivity contribution in [1.82, 2.24) is 4.98 Å². The van der Waals surface area contributed by atoms with Gasteiger partial charge in [0, 0.05) is 12.4 Å². The first-order chi connectivity index (χ1) is 9.06. The molecule has 19 heavy (non-hydrogen) atoms. The Hall–Kier alpha value is -1.25. The Morgan fingerprint density at radius 2 is 2.26 bits per heavy atom. The van der Waals surface area contributed by atoms with Gasteiger partial charge in [-0.3, -0.25) is 4.79 Å². The molecule has 0 radical (unpaired) electrons. The van der Waals surface area contributed by atoms with Crippen molar-refractivity contribution in [3.8, 4) is 0 Å². The Balaban J connectivity index is 1.92. The highest BCUT2D eigenvalue weighted by Crippen LogP contribution is 2.35. The van der Waals surface area contributed by atoms with Crippen LogP contribution < -0.4 is 0 Å². The number of aromatic nitrogens is 1. The zero-order chi connectivity index (χ0) is 13.8. The van der Waals surface area contributed by atoms with E-state index in [9.17, 15) is 4.79 Å². The summed E-state index contributed by atoms with van der Waals surface area (Å²) in [4.78, 5) is 15.0. The lowest BCUT2D eigenvalue weighted by Crippen LogP contribution is -2.36. The fraction of sp³-hybridized carbons (Fsp3) is 0.688. The molecule has 1 aliphatic rings. The normalized spacial score (nSPS) is 27.5. The lowest BCUT2D eigenvalue weighted by Gasteiger charge is -2.36. The minimum absolute atomic E-state index is 0.0932. The third-order valence-electron chi connectivity index (χ3n) is 4.25. The highest BCUT2D eigenvalue weighted by atomic mass is 16.5. The Morgan fingerprint density at radius 3 is 2.89 bits per heavy atom. The molecule has 1 saturated carbocycles. The molecule has 0 aliphatic heterocycles. The lowest BCUT2D eigenvalue weighted by atomic mass is 9.75. The zero-order valence-electron chi connectivity index (χ0n) is 12.2. The summed E-state index contributed by atoms with van der Waals surface area (Å²) >= 11 is 0. The molecule has 0 amide bonds. The topological polar surface area (TPSA) is 42.1 Å². The molecule has 0 spiro atoms. The van der Waals surface area contributed by atoms with E-state index in [2.05, 4.69) is 25.8 Å². The highest BCUT2D eigenvalue weighted by Gasteiger charge is 2.33. The van der Waals surface area contributed by atoms with Gasteiger partial charge in [0.1, 0.15) is 6.10 Å². The summed E-state index contributed by atoms with van der Waals surface area (Å²) in [7, 11) is 0. The number of rotatable bonds is 4. The first kappa shape index (κ1) is 14.2. The number of ether oxygens (including phenoxy) is 1. The maximum atomic E-state index is 12.0. The van der Waals surface area contributed by atoms with Crippen LogP contribution in [0.25, 0.3) is 0 Å². The van der Waals surface area contributed by atoms with Crippen molar-refractivity contribution < 1.29 is 9.53 Å². The lowest BCUT2D eigenvalue weighted by molar-refractivity contribution is -0.155. The van der Waals surface area contributed by atoms with E-state index in [1.165, 1.54) is 12.8 Å². The summed E-state index contributed by atoms with van der Waals surface area (Å²) in [5.41, 5.74) is 0.995. The van der Waals surface area contributed by atoms with Crippen molar-refractivity contribution in [1.29, 1.82) is 0 Å². The second-order valence-corrected chi connectivity index (χ2v) is 6.25. The van der Waals surface area contributed by atoms with Crippen LogP contribution in [0.15, 0.2) is 18.5 Å². The van der Waals surface area contributed by atoms with E-state index >= 15 is 0 Å². The smallest absolute Gasteiger partial charge is 0.310 e. The predicted molar refractivity (Wildman–Crippen MR) is 75.7 cm³/mol. The van der Waals surface area contributed by atoms with Gasteiger partial charge >= 0.3 is 5.97 Å². The van der Waals surface area contributed by atoms with E-state index in [1.54, 1.807) is 0 Å². The third kappa shape index (κ3) is 3.85. The number of nitrogens with one attached hydrogen (secondary N) is 1. The summed E-state index contributed by atoms with van der Waals surface area (Å²) < 4.78 is 5.76. The predicted octanol–water partition coefficient (Wildman–Crippen LogP) is 3.56. The number of hydrogen-bond donors (Lipinski definition) is 1. The van der Waals surface area contributed by atoms with Crippen molar-refractivity contribution in [3.05, 3.63) is 24.0 Å². The molecule has 2 rings (SSSR count). The molecule has 1 N–H and O–H groups in total. The molecule has 0 saturated heterocycles. The van der Waals surface area contributed by atoms with Gasteiger partial charge in [0.15, 0.2) is 0 Å². The number of carbonyl (C=O) groups excluding carboxylic acids is 1. The molecule has 1 fully saturated rings. The van der Waals surface area contributed by atoms with Crippen LogP contribution in [-0.2, 0) is 16.0 Å². The van der Waals surface area contributed by atoms with Crippen molar-refractivity contribution in [2.24, 2.45) is 17.8 Å². The highest BCUT2D eigenvalue weighted by molar-refractivity contribution is 5.72. The molecular formula is C16H25NO2.